The van der Waals surface area contributed by atoms with Crippen LogP contribution in [0.4, 0.5) is 14.5 Å². The van der Waals surface area contributed by atoms with Crippen molar-refractivity contribution in [3.63, 3.8) is 0 Å². The van der Waals surface area contributed by atoms with Gasteiger partial charge in [0.05, 0.1) is 11.9 Å². The van der Waals surface area contributed by atoms with Crippen molar-refractivity contribution < 1.29 is 18.3 Å². The number of rotatable bonds is 5. The summed E-state index contributed by atoms with van der Waals surface area (Å²) in [4.78, 5) is 17.5. The zero-order valence-electron chi connectivity index (χ0n) is 15.0. The van der Waals surface area contributed by atoms with E-state index in [-0.39, 0.29) is 22.6 Å². The van der Waals surface area contributed by atoms with Crippen molar-refractivity contribution >= 4 is 29.9 Å². The van der Waals surface area contributed by atoms with Gasteiger partial charge < -0.3 is 10.1 Å². The van der Waals surface area contributed by atoms with Crippen LogP contribution in [0.1, 0.15) is 10.4 Å². The summed E-state index contributed by atoms with van der Waals surface area (Å²) in [6, 6.07) is 6.13. The molecule has 0 unspecified atom stereocenters. The number of hydrogen-bond donors (Lipinski definition) is 2. The number of alkyl halides is 2. The molecule has 0 saturated carbocycles. The van der Waals surface area contributed by atoms with Gasteiger partial charge in [-0.2, -0.15) is 19.0 Å². The molecule has 0 aliphatic heterocycles. The molecule has 3 heterocycles. The molecule has 148 valence electrons. The van der Waals surface area contributed by atoms with E-state index >= 15 is 0 Å². The van der Waals surface area contributed by atoms with E-state index in [0.717, 1.165) is 0 Å². The van der Waals surface area contributed by atoms with Crippen molar-refractivity contribution in [1.29, 1.82) is 0 Å². The number of nitrogens with zero attached hydrogens (tertiary/aromatic N) is 5. The summed E-state index contributed by atoms with van der Waals surface area (Å²) in [5.41, 5.74) is 1.48. The fourth-order valence-electron chi connectivity index (χ4n) is 2.86. The van der Waals surface area contributed by atoms with E-state index in [9.17, 15) is 13.6 Å². The lowest BCUT2D eigenvalue weighted by atomic mass is 10.1. The number of halogens is 2. The molecular formula is C18H14F2N6O2S. The number of amides is 1. The van der Waals surface area contributed by atoms with Gasteiger partial charge in [0.2, 0.25) is 0 Å². The number of aromatic nitrogens is 5. The Morgan fingerprint density at radius 3 is 2.97 bits per heavy atom. The molecule has 1 amide bonds. The molecule has 3 aromatic heterocycles. The van der Waals surface area contributed by atoms with E-state index in [1.54, 1.807) is 31.7 Å². The number of ether oxygens (including phenoxy) is 1. The topological polar surface area (TPSA) is 86.3 Å². The van der Waals surface area contributed by atoms with Crippen LogP contribution in [0, 0.1) is 0 Å². The van der Waals surface area contributed by atoms with Crippen molar-refractivity contribution in [2.24, 2.45) is 7.05 Å². The summed E-state index contributed by atoms with van der Waals surface area (Å²) in [5.74, 6) is -0.545. The second-order valence-electron chi connectivity index (χ2n) is 6.02. The van der Waals surface area contributed by atoms with Gasteiger partial charge in [0, 0.05) is 36.1 Å². The molecule has 0 fully saturated rings. The number of anilines is 1. The third-order valence-electron chi connectivity index (χ3n) is 4.04. The predicted molar refractivity (Wildman–Crippen MR) is 103 cm³/mol. The molecule has 0 radical (unpaired) electrons. The predicted octanol–water partition coefficient (Wildman–Crippen LogP) is 3.27. The molecule has 0 atom stereocenters. The molecule has 0 saturated heterocycles. The van der Waals surface area contributed by atoms with E-state index in [1.807, 2.05) is 0 Å². The van der Waals surface area contributed by atoms with E-state index in [2.05, 4.69) is 37.9 Å². The van der Waals surface area contributed by atoms with Gasteiger partial charge in [0.1, 0.15) is 17.0 Å². The normalized spacial score (nSPS) is 11.2. The minimum absolute atomic E-state index is 0.0790. The first kappa shape index (κ1) is 18.9. The lowest BCUT2D eigenvalue weighted by Crippen LogP contribution is -2.12. The lowest BCUT2D eigenvalue weighted by Gasteiger charge is -2.11. The second kappa shape index (κ2) is 7.51. The van der Waals surface area contributed by atoms with Gasteiger partial charge in [-0.3, -0.25) is 9.48 Å². The monoisotopic (exact) mass is 416 g/mol. The Morgan fingerprint density at radius 2 is 2.17 bits per heavy atom. The summed E-state index contributed by atoms with van der Waals surface area (Å²) in [6.45, 7) is -3.01. The van der Waals surface area contributed by atoms with Crippen LogP contribution < -0.4 is 10.1 Å². The molecule has 0 bridgehead atoms. The molecule has 0 aliphatic carbocycles. The highest BCUT2D eigenvalue weighted by Gasteiger charge is 2.21. The van der Waals surface area contributed by atoms with Gasteiger partial charge in [0.15, 0.2) is 5.65 Å². The Morgan fingerprint density at radius 1 is 1.34 bits per heavy atom. The Hall–Kier alpha value is -3.47. The highest BCUT2D eigenvalue weighted by Crippen LogP contribution is 2.36. The zero-order valence-corrected chi connectivity index (χ0v) is 15.8. The fourth-order valence-corrected chi connectivity index (χ4v) is 3.06. The van der Waals surface area contributed by atoms with Crippen molar-refractivity contribution in [1.82, 2.24) is 24.4 Å². The minimum atomic E-state index is -3.01. The average molecular weight is 416 g/mol. The van der Waals surface area contributed by atoms with Crippen molar-refractivity contribution in [2.45, 2.75) is 11.5 Å². The molecule has 0 aliphatic rings. The van der Waals surface area contributed by atoms with E-state index in [0.29, 0.717) is 16.2 Å². The maximum absolute atomic E-state index is 12.8. The first-order valence-corrected chi connectivity index (χ1v) is 8.78. The van der Waals surface area contributed by atoms with Crippen LogP contribution in [0.25, 0.3) is 16.9 Å². The maximum atomic E-state index is 12.8. The summed E-state index contributed by atoms with van der Waals surface area (Å²) in [6.07, 6.45) is 6.17. The summed E-state index contributed by atoms with van der Waals surface area (Å²) in [7, 11) is 1.65. The smallest absolute Gasteiger partial charge is 0.387 e. The average Bonchev–Trinajstić information content (AvgIpc) is 3.26. The highest BCUT2D eigenvalue weighted by molar-refractivity contribution is 7.80. The molecule has 1 N–H and O–H groups in total. The van der Waals surface area contributed by atoms with Crippen LogP contribution in [0.15, 0.2) is 53.9 Å². The summed E-state index contributed by atoms with van der Waals surface area (Å²) < 4.78 is 33.2. The van der Waals surface area contributed by atoms with Crippen LogP contribution in [0.3, 0.4) is 0 Å². The van der Waals surface area contributed by atoms with E-state index in [4.69, 9.17) is 0 Å². The SMILES string of the molecule is Cn1cc(NC(=O)c2cnn3cccnc23)c(-c2cc(S)ccc2OC(F)F)n1. The molecule has 29 heavy (non-hydrogen) atoms. The molecule has 4 rings (SSSR count). The van der Waals surface area contributed by atoms with Crippen molar-refractivity contribution in [3.05, 3.63) is 54.6 Å². The van der Waals surface area contributed by atoms with Gasteiger partial charge in [0.25, 0.3) is 5.91 Å². The summed E-state index contributed by atoms with van der Waals surface area (Å²) in [5, 5.41) is 11.1. The van der Waals surface area contributed by atoms with Gasteiger partial charge in [-0.25, -0.2) is 9.50 Å². The molecular weight excluding hydrogens is 402 g/mol. The number of carbonyl (C=O) groups excluding carboxylic acids is 1. The Kier molecular flexibility index (Phi) is 4.89. The van der Waals surface area contributed by atoms with Gasteiger partial charge in [-0.15, -0.1) is 12.6 Å². The second-order valence-corrected chi connectivity index (χ2v) is 6.54. The number of nitrogens with one attached hydrogen (secondary N) is 1. The summed E-state index contributed by atoms with van der Waals surface area (Å²) >= 11 is 4.26. The van der Waals surface area contributed by atoms with Crippen molar-refractivity contribution in [2.75, 3.05) is 5.32 Å². The highest BCUT2D eigenvalue weighted by atomic mass is 32.1. The standard InChI is InChI=1S/C18H14F2N6O2S/c1-25-9-13(23-17(27)12-8-22-26-6-2-5-21-16(12)26)15(24-25)11-7-10(29)3-4-14(11)28-18(19)20/h2-9,18,29H,1H3,(H,23,27). The number of aryl methyl sites for hydroxylation is 1. The Bertz CT molecular complexity index is 1210. The molecule has 4 aromatic rings. The molecule has 1 aromatic carbocycles. The molecule has 11 heteroatoms. The van der Waals surface area contributed by atoms with Gasteiger partial charge in [-0.1, -0.05) is 0 Å². The van der Waals surface area contributed by atoms with Gasteiger partial charge >= 0.3 is 6.61 Å². The number of fused-ring (bicyclic) bond motifs is 1. The number of carbonyl (C=O) groups is 1. The quantitative estimate of drug-likeness (QED) is 0.488. The maximum Gasteiger partial charge on any atom is 0.387 e. The van der Waals surface area contributed by atoms with Gasteiger partial charge in [-0.05, 0) is 24.3 Å². The van der Waals surface area contributed by atoms with E-state index < -0.39 is 12.5 Å². The van der Waals surface area contributed by atoms with Crippen molar-refractivity contribution in [3.8, 4) is 17.0 Å². The van der Waals surface area contributed by atoms with Crippen LogP contribution >= 0.6 is 12.6 Å². The Labute approximate surface area is 168 Å². The largest absolute Gasteiger partial charge is 0.434 e. The van der Waals surface area contributed by atoms with Crippen LogP contribution in [-0.4, -0.2) is 36.9 Å². The van der Waals surface area contributed by atoms with Crippen LogP contribution in [0.5, 0.6) is 5.75 Å². The zero-order chi connectivity index (χ0) is 20.5. The van der Waals surface area contributed by atoms with Crippen LogP contribution in [0.2, 0.25) is 0 Å². The number of hydrogen-bond acceptors (Lipinski definition) is 6. The fraction of sp³-hybridized carbons (Fsp3) is 0.111. The third-order valence-corrected chi connectivity index (χ3v) is 4.31. The number of thiol groups is 1. The first-order valence-electron chi connectivity index (χ1n) is 8.34. The first-order chi connectivity index (χ1) is 13.9. The molecule has 0 spiro atoms. The van der Waals surface area contributed by atoms with Crippen LogP contribution in [-0.2, 0) is 7.05 Å². The number of benzene rings is 1. The third kappa shape index (κ3) is 3.76. The Balaban J connectivity index is 1.73. The molecule has 8 nitrogen and oxygen atoms in total. The lowest BCUT2D eigenvalue weighted by molar-refractivity contribution is -0.0494. The van der Waals surface area contributed by atoms with E-state index in [1.165, 1.54) is 33.6 Å². The minimum Gasteiger partial charge on any atom is -0.434 e.